The quantitative estimate of drug-likeness (QED) is 0.235. The monoisotopic (exact) mass is 364 g/mol. The second kappa shape index (κ2) is 7.81. The van der Waals surface area contributed by atoms with Gasteiger partial charge in [-0.15, -0.1) is 11.8 Å². The van der Waals surface area contributed by atoms with Gasteiger partial charge in [-0.25, -0.2) is 4.98 Å². The van der Waals surface area contributed by atoms with Gasteiger partial charge in [-0.05, 0) is 11.8 Å². The van der Waals surface area contributed by atoms with Crippen molar-refractivity contribution in [2.75, 3.05) is 23.8 Å². The van der Waals surface area contributed by atoms with Crippen LogP contribution in [-0.4, -0.2) is 37.5 Å². The zero-order valence-electron chi connectivity index (χ0n) is 13.8. The number of hydrogen-bond acceptors (Lipinski definition) is 7. The Morgan fingerprint density at radius 3 is 2.26 bits per heavy atom. The number of nitrogen functional groups attached to an aromatic ring is 2. The predicted molar refractivity (Wildman–Crippen MR) is 92.0 cm³/mol. The highest BCUT2D eigenvalue weighted by Gasteiger charge is 2.53. The highest BCUT2D eigenvalue weighted by molar-refractivity contribution is 7.99. The third-order valence-electron chi connectivity index (χ3n) is 3.52. The first-order chi connectivity index (χ1) is 10.5. The van der Waals surface area contributed by atoms with Crippen molar-refractivity contribution in [3.8, 4) is 0 Å². The number of rotatable bonds is 8. The van der Waals surface area contributed by atoms with Crippen LogP contribution in [0.1, 0.15) is 27.7 Å². The Morgan fingerprint density at radius 1 is 1.26 bits per heavy atom. The van der Waals surface area contributed by atoms with E-state index in [1.54, 1.807) is 33.8 Å². The third kappa shape index (κ3) is 4.81. The first-order valence-corrected chi connectivity index (χ1v) is 9.83. The molecule has 0 amide bonds. The fourth-order valence-corrected chi connectivity index (χ4v) is 4.99. The molecule has 0 aliphatic carbocycles. The molecule has 0 radical (unpaired) electrons. The van der Waals surface area contributed by atoms with Gasteiger partial charge in [0, 0.05) is 11.8 Å². The molecule has 132 valence electrons. The number of aromatic nitrogens is 2. The summed E-state index contributed by atoms with van der Waals surface area (Å²) in [5, 5.41) is -0.911. The maximum atomic E-state index is 12.0. The summed E-state index contributed by atoms with van der Waals surface area (Å²) >= 11 is 1.33. The van der Waals surface area contributed by atoms with Gasteiger partial charge in [-0.3, -0.25) is 4.57 Å². The molecule has 0 fully saturated rings. The van der Waals surface area contributed by atoms with E-state index in [1.807, 2.05) is 0 Å². The van der Waals surface area contributed by atoms with E-state index < -0.39 is 12.9 Å². The average molecular weight is 364 g/mol. The van der Waals surface area contributed by atoms with E-state index in [4.69, 9.17) is 16.2 Å². The molecule has 0 spiro atoms. The summed E-state index contributed by atoms with van der Waals surface area (Å²) in [6.45, 7) is 7.15. The summed E-state index contributed by atoms with van der Waals surface area (Å²) in [7, 11) is -4.44. The molecule has 0 saturated carbocycles. The van der Waals surface area contributed by atoms with Crippen LogP contribution >= 0.6 is 19.4 Å². The standard InChI is InChI=1S/C13H25N4O4PS/c1-8(2)13(9(3)4,22(18,19)20)21-5-6-23-11-7-10(14)16-12(15)17-11/h7-9H,5-6H2,1-4H3,(H2,18,19,20)(H4,14,15,16,17). The molecule has 10 heteroatoms. The highest BCUT2D eigenvalue weighted by atomic mass is 32.2. The molecule has 23 heavy (non-hydrogen) atoms. The normalized spacial score (nSPS) is 13.0. The Kier molecular flexibility index (Phi) is 6.85. The van der Waals surface area contributed by atoms with E-state index in [0.717, 1.165) is 0 Å². The molecule has 0 aliphatic rings. The van der Waals surface area contributed by atoms with Gasteiger partial charge >= 0.3 is 7.60 Å². The van der Waals surface area contributed by atoms with Crippen molar-refractivity contribution in [2.24, 2.45) is 11.8 Å². The van der Waals surface area contributed by atoms with Gasteiger partial charge < -0.3 is 26.0 Å². The summed E-state index contributed by atoms with van der Waals surface area (Å²) in [6.07, 6.45) is 0. The van der Waals surface area contributed by atoms with E-state index in [-0.39, 0.29) is 30.2 Å². The molecule has 1 rings (SSSR count). The van der Waals surface area contributed by atoms with Gasteiger partial charge in [0.25, 0.3) is 0 Å². The molecular formula is C13H25N4O4PS. The lowest BCUT2D eigenvalue weighted by atomic mass is 9.95. The zero-order valence-corrected chi connectivity index (χ0v) is 15.5. The summed E-state index contributed by atoms with van der Waals surface area (Å²) in [4.78, 5) is 27.4. The fourth-order valence-electron chi connectivity index (χ4n) is 2.64. The Bertz CT molecular complexity index is 551. The van der Waals surface area contributed by atoms with Gasteiger partial charge in [-0.1, -0.05) is 27.7 Å². The van der Waals surface area contributed by atoms with Crippen LogP contribution in [0.2, 0.25) is 0 Å². The third-order valence-corrected chi connectivity index (χ3v) is 6.46. The van der Waals surface area contributed by atoms with Crippen molar-refractivity contribution >= 4 is 31.1 Å². The van der Waals surface area contributed by atoms with Crippen molar-refractivity contribution in [3.63, 3.8) is 0 Å². The van der Waals surface area contributed by atoms with E-state index in [9.17, 15) is 14.4 Å². The Balaban J connectivity index is 2.75. The highest BCUT2D eigenvalue weighted by Crippen LogP contribution is 2.59. The minimum Gasteiger partial charge on any atom is -0.383 e. The smallest absolute Gasteiger partial charge is 0.357 e. The van der Waals surface area contributed by atoms with Crippen LogP contribution in [0, 0.1) is 11.8 Å². The molecule has 0 aromatic carbocycles. The molecule has 0 bridgehead atoms. The average Bonchev–Trinajstić information content (AvgIpc) is 2.34. The van der Waals surface area contributed by atoms with Gasteiger partial charge in [0.15, 0.2) is 5.34 Å². The summed E-state index contributed by atoms with van der Waals surface area (Å²) < 4.78 is 17.7. The number of hydrogen-bond donors (Lipinski definition) is 4. The Labute approximate surface area is 140 Å². The molecule has 0 saturated heterocycles. The number of nitrogens with two attached hydrogens (primary N) is 2. The maximum Gasteiger partial charge on any atom is 0.357 e. The van der Waals surface area contributed by atoms with Gasteiger partial charge in [0.2, 0.25) is 5.95 Å². The molecule has 1 heterocycles. The lowest BCUT2D eigenvalue weighted by Gasteiger charge is -2.41. The number of nitrogens with zero attached hydrogens (tertiary/aromatic N) is 2. The van der Waals surface area contributed by atoms with Crippen molar-refractivity contribution in [2.45, 2.75) is 38.1 Å². The zero-order chi connectivity index (χ0) is 17.8. The van der Waals surface area contributed by atoms with Crippen LogP contribution in [0.3, 0.4) is 0 Å². The van der Waals surface area contributed by atoms with Crippen molar-refractivity contribution in [3.05, 3.63) is 6.07 Å². The molecule has 0 unspecified atom stereocenters. The van der Waals surface area contributed by atoms with E-state index >= 15 is 0 Å². The summed E-state index contributed by atoms with van der Waals surface area (Å²) in [5.74, 6) is 0.145. The second-order valence-corrected chi connectivity index (χ2v) is 8.69. The van der Waals surface area contributed by atoms with Crippen LogP contribution < -0.4 is 11.5 Å². The minimum atomic E-state index is -4.44. The molecule has 0 atom stereocenters. The summed E-state index contributed by atoms with van der Waals surface area (Å²) in [5.41, 5.74) is 11.1. The SMILES string of the molecule is CC(C)C(OCCSc1cc(N)nc(N)n1)(C(C)C)P(=O)(O)O. The summed E-state index contributed by atoms with van der Waals surface area (Å²) in [6, 6.07) is 1.59. The number of thioether (sulfide) groups is 1. The van der Waals surface area contributed by atoms with Crippen molar-refractivity contribution in [1.82, 2.24) is 9.97 Å². The molecule has 1 aromatic heterocycles. The van der Waals surface area contributed by atoms with Gasteiger partial charge in [0.05, 0.1) is 6.61 Å². The molecule has 0 aliphatic heterocycles. The molecule has 6 N–H and O–H groups in total. The van der Waals surface area contributed by atoms with Crippen LogP contribution in [-0.2, 0) is 9.30 Å². The van der Waals surface area contributed by atoms with Gasteiger partial charge in [-0.2, -0.15) is 4.98 Å². The van der Waals surface area contributed by atoms with Crippen LogP contribution in [0.4, 0.5) is 11.8 Å². The fraction of sp³-hybridized carbons (Fsp3) is 0.692. The number of ether oxygens (including phenoxy) is 1. The van der Waals surface area contributed by atoms with Crippen molar-refractivity contribution in [1.29, 1.82) is 0 Å². The van der Waals surface area contributed by atoms with Gasteiger partial charge in [0.1, 0.15) is 10.8 Å². The second-order valence-electron chi connectivity index (χ2n) is 5.79. The predicted octanol–water partition coefficient (Wildman–Crippen LogP) is 1.94. The van der Waals surface area contributed by atoms with E-state index in [1.165, 1.54) is 11.8 Å². The lowest BCUT2D eigenvalue weighted by molar-refractivity contribution is -0.0554. The lowest BCUT2D eigenvalue weighted by Crippen LogP contribution is -2.44. The maximum absolute atomic E-state index is 12.0. The van der Waals surface area contributed by atoms with Crippen molar-refractivity contribution < 1.29 is 19.1 Å². The Hall–Kier alpha value is -0.860. The Morgan fingerprint density at radius 2 is 1.83 bits per heavy atom. The van der Waals surface area contributed by atoms with E-state index in [0.29, 0.717) is 10.8 Å². The number of anilines is 2. The molecule has 1 aromatic rings. The minimum absolute atomic E-state index is 0.0855. The first-order valence-electron chi connectivity index (χ1n) is 7.23. The van der Waals surface area contributed by atoms with Crippen LogP contribution in [0.15, 0.2) is 11.1 Å². The largest absolute Gasteiger partial charge is 0.383 e. The molecular weight excluding hydrogens is 339 g/mol. The van der Waals surface area contributed by atoms with Crippen LogP contribution in [0.25, 0.3) is 0 Å². The van der Waals surface area contributed by atoms with Crippen LogP contribution in [0.5, 0.6) is 0 Å². The van der Waals surface area contributed by atoms with E-state index in [2.05, 4.69) is 9.97 Å². The first kappa shape index (κ1) is 20.2. The molecule has 8 nitrogen and oxygen atoms in total. The topological polar surface area (TPSA) is 145 Å².